The van der Waals surface area contributed by atoms with Crippen LogP contribution in [-0.2, 0) is 0 Å². The first-order valence-corrected chi connectivity index (χ1v) is 8.79. The first-order valence-electron chi connectivity index (χ1n) is 8.79. The number of aromatic nitrogens is 1. The molecule has 0 radical (unpaired) electrons. The van der Waals surface area contributed by atoms with E-state index in [0.29, 0.717) is 0 Å². The van der Waals surface area contributed by atoms with Crippen LogP contribution in [0.1, 0.15) is 34.6 Å². The molecule has 1 aromatic heterocycles. The van der Waals surface area contributed by atoms with E-state index in [1.165, 1.54) is 37.3 Å². The molecule has 3 rings (SSSR count). The van der Waals surface area contributed by atoms with Crippen molar-refractivity contribution in [2.24, 2.45) is 0 Å². The molecular formula is C20H27N3O. The predicted octanol–water partition coefficient (Wildman–Crippen LogP) is 3.26. The lowest BCUT2D eigenvalue weighted by Crippen LogP contribution is -2.35. The van der Waals surface area contributed by atoms with Crippen molar-refractivity contribution in [1.29, 1.82) is 0 Å². The van der Waals surface area contributed by atoms with Crippen LogP contribution >= 0.6 is 0 Å². The summed E-state index contributed by atoms with van der Waals surface area (Å²) in [5.74, 6) is 0.0988. The van der Waals surface area contributed by atoms with E-state index in [0.717, 1.165) is 24.3 Å². The topological polar surface area (TPSA) is 28.5 Å². The maximum Gasteiger partial charge on any atom is 0.253 e. The zero-order valence-corrected chi connectivity index (χ0v) is 15.0. The van der Waals surface area contributed by atoms with Crippen molar-refractivity contribution in [2.75, 3.05) is 33.2 Å². The van der Waals surface area contributed by atoms with Crippen LogP contribution < -0.4 is 0 Å². The molecule has 0 spiro atoms. The van der Waals surface area contributed by atoms with Crippen LogP contribution in [0.15, 0.2) is 36.4 Å². The standard InChI is InChI=1S/C20H27N3O/c1-16-6-7-17(2)23(16)19-10-8-18(9-11-19)20(24)21(3)14-15-22-12-4-5-13-22/h6-11H,4-5,12-15H2,1-3H3. The van der Waals surface area contributed by atoms with Crippen LogP contribution in [0.2, 0.25) is 0 Å². The van der Waals surface area contributed by atoms with E-state index < -0.39 is 0 Å². The molecule has 1 aliphatic heterocycles. The second kappa shape index (κ2) is 7.22. The average Bonchev–Trinajstić information content (AvgIpc) is 3.22. The van der Waals surface area contributed by atoms with E-state index in [-0.39, 0.29) is 5.91 Å². The first kappa shape index (κ1) is 16.8. The van der Waals surface area contributed by atoms with E-state index in [2.05, 4.69) is 35.4 Å². The van der Waals surface area contributed by atoms with Gasteiger partial charge in [-0.2, -0.15) is 0 Å². The number of aryl methyl sites for hydroxylation is 2. The van der Waals surface area contributed by atoms with Gasteiger partial charge < -0.3 is 14.4 Å². The van der Waals surface area contributed by atoms with Crippen LogP contribution in [0.4, 0.5) is 0 Å². The van der Waals surface area contributed by atoms with Gasteiger partial charge in [0.2, 0.25) is 0 Å². The smallest absolute Gasteiger partial charge is 0.253 e. The van der Waals surface area contributed by atoms with Gasteiger partial charge in [-0.3, -0.25) is 4.79 Å². The molecule has 0 unspecified atom stereocenters. The third-order valence-electron chi connectivity index (χ3n) is 4.94. The lowest BCUT2D eigenvalue weighted by atomic mass is 10.1. The van der Waals surface area contributed by atoms with Gasteiger partial charge in [0.05, 0.1) is 0 Å². The van der Waals surface area contributed by atoms with Gasteiger partial charge in [0.25, 0.3) is 5.91 Å². The number of rotatable bonds is 5. The van der Waals surface area contributed by atoms with E-state index in [9.17, 15) is 4.79 Å². The number of nitrogens with zero attached hydrogens (tertiary/aromatic N) is 3. The Morgan fingerprint density at radius 2 is 1.58 bits per heavy atom. The second-order valence-corrected chi connectivity index (χ2v) is 6.77. The van der Waals surface area contributed by atoms with Crippen LogP contribution in [0.5, 0.6) is 0 Å². The minimum atomic E-state index is 0.0988. The van der Waals surface area contributed by atoms with Gasteiger partial charge in [-0.1, -0.05) is 0 Å². The lowest BCUT2D eigenvalue weighted by molar-refractivity contribution is 0.0782. The highest BCUT2D eigenvalue weighted by molar-refractivity contribution is 5.94. The van der Waals surface area contributed by atoms with Gasteiger partial charge in [-0.05, 0) is 76.2 Å². The summed E-state index contributed by atoms with van der Waals surface area (Å²) in [7, 11) is 1.90. The zero-order valence-electron chi connectivity index (χ0n) is 15.0. The molecule has 4 heteroatoms. The van der Waals surface area contributed by atoms with Crippen molar-refractivity contribution >= 4 is 5.91 Å². The molecular weight excluding hydrogens is 298 g/mol. The maximum absolute atomic E-state index is 12.6. The summed E-state index contributed by atoms with van der Waals surface area (Å²) in [6.07, 6.45) is 2.58. The third kappa shape index (κ3) is 3.54. The van der Waals surface area contributed by atoms with Crippen molar-refractivity contribution in [3.05, 3.63) is 53.3 Å². The van der Waals surface area contributed by atoms with Gasteiger partial charge >= 0.3 is 0 Å². The summed E-state index contributed by atoms with van der Waals surface area (Å²) in [5.41, 5.74) is 4.26. The Bertz CT molecular complexity index is 677. The van der Waals surface area contributed by atoms with Crippen LogP contribution in [0, 0.1) is 13.8 Å². The largest absolute Gasteiger partial charge is 0.340 e. The number of likely N-dealkylation sites (N-methyl/N-ethyl adjacent to an activating group) is 1. The predicted molar refractivity (Wildman–Crippen MR) is 97.9 cm³/mol. The quantitative estimate of drug-likeness (QED) is 0.844. The third-order valence-corrected chi connectivity index (χ3v) is 4.94. The summed E-state index contributed by atoms with van der Waals surface area (Å²) < 4.78 is 2.20. The molecule has 128 valence electrons. The molecule has 4 nitrogen and oxygen atoms in total. The lowest BCUT2D eigenvalue weighted by Gasteiger charge is -2.21. The summed E-state index contributed by atoms with van der Waals surface area (Å²) in [4.78, 5) is 16.8. The van der Waals surface area contributed by atoms with Crippen molar-refractivity contribution in [2.45, 2.75) is 26.7 Å². The molecule has 1 aliphatic rings. The van der Waals surface area contributed by atoms with Crippen LogP contribution in [0.25, 0.3) is 5.69 Å². The fourth-order valence-corrected chi connectivity index (χ4v) is 3.45. The number of amides is 1. The fourth-order valence-electron chi connectivity index (χ4n) is 3.45. The highest BCUT2D eigenvalue weighted by Crippen LogP contribution is 2.17. The molecule has 2 aromatic rings. The van der Waals surface area contributed by atoms with Crippen LogP contribution in [0.3, 0.4) is 0 Å². The Kier molecular flexibility index (Phi) is 5.05. The minimum absolute atomic E-state index is 0.0988. The first-order chi connectivity index (χ1) is 11.6. The molecule has 0 bridgehead atoms. The number of benzene rings is 1. The van der Waals surface area contributed by atoms with E-state index >= 15 is 0 Å². The minimum Gasteiger partial charge on any atom is -0.340 e. The summed E-state index contributed by atoms with van der Waals surface area (Å²) in [6.45, 7) is 8.30. The molecule has 2 heterocycles. The van der Waals surface area contributed by atoms with Crippen molar-refractivity contribution in [3.8, 4) is 5.69 Å². The van der Waals surface area contributed by atoms with Crippen LogP contribution in [-0.4, -0.2) is 53.5 Å². The van der Waals surface area contributed by atoms with E-state index in [4.69, 9.17) is 0 Å². The number of hydrogen-bond acceptors (Lipinski definition) is 2. The van der Waals surface area contributed by atoms with Gasteiger partial charge in [-0.25, -0.2) is 0 Å². The van der Waals surface area contributed by atoms with Gasteiger partial charge in [0, 0.05) is 42.8 Å². The van der Waals surface area contributed by atoms with Gasteiger partial charge in [0.1, 0.15) is 0 Å². The van der Waals surface area contributed by atoms with E-state index in [1.54, 1.807) is 0 Å². The van der Waals surface area contributed by atoms with Gasteiger partial charge in [0.15, 0.2) is 0 Å². The average molecular weight is 325 g/mol. The summed E-state index contributed by atoms with van der Waals surface area (Å²) >= 11 is 0. The molecule has 0 N–H and O–H groups in total. The number of carbonyl (C=O) groups excluding carboxylic acids is 1. The second-order valence-electron chi connectivity index (χ2n) is 6.77. The molecule has 1 amide bonds. The monoisotopic (exact) mass is 325 g/mol. The Morgan fingerprint density at radius 3 is 2.17 bits per heavy atom. The molecule has 0 saturated carbocycles. The molecule has 1 aromatic carbocycles. The summed E-state index contributed by atoms with van der Waals surface area (Å²) in [5, 5.41) is 0. The molecule has 1 saturated heterocycles. The van der Waals surface area contributed by atoms with Crippen molar-refractivity contribution in [3.63, 3.8) is 0 Å². The molecule has 0 aliphatic carbocycles. The normalized spacial score (nSPS) is 15.0. The van der Waals surface area contributed by atoms with Crippen molar-refractivity contribution < 1.29 is 4.79 Å². The molecule has 0 atom stereocenters. The van der Waals surface area contributed by atoms with E-state index in [1.807, 2.05) is 36.2 Å². The molecule has 1 fully saturated rings. The number of likely N-dealkylation sites (tertiary alicyclic amines) is 1. The Hall–Kier alpha value is -2.07. The fraction of sp³-hybridized carbons (Fsp3) is 0.450. The Balaban J connectivity index is 1.65. The Morgan fingerprint density at radius 1 is 1.00 bits per heavy atom. The zero-order chi connectivity index (χ0) is 17.1. The van der Waals surface area contributed by atoms with Crippen molar-refractivity contribution in [1.82, 2.24) is 14.4 Å². The molecule has 24 heavy (non-hydrogen) atoms. The maximum atomic E-state index is 12.6. The highest BCUT2D eigenvalue weighted by atomic mass is 16.2. The highest BCUT2D eigenvalue weighted by Gasteiger charge is 2.15. The summed E-state index contributed by atoms with van der Waals surface area (Å²) in [6, 6.07) is 12.1. The number of hydrogen-bond donors (Lipinski definition) is 0. The Labute approximate surface area is 144 Å². The van der Waals surface area contributed by atoms with Gasteiger partial charge in [-0.15, -0.1) is 0 Å². The SMILES string of the molecule is Cc1ccc(C)n1-c1ccc(C(=O)N(C)CCN2CCCC2)cc1. The number of carbonyl (C=O) groups is 1.